The van der Waals surface area contributed by atoms with Crippen LogP contribution in [0.25, 0.3) is 0 Å². The number of carbonyl (C=O) groups is 2. The lowest BCUT2D eigenvalue weighted by molar-refractivity contribution is -0.117. The van der Waals surface area contributed by atoms with E-state index in [1.165, 1.54) is 11.3 Å². The van der Waals surface area contributed by atoms with Gasteiger partial charge in [0, 0.05) is 30.7 Å². The number of rotatable bonds is 11. The molecule has 0 aliphatic carbocycles. The van der Waals surface area contributed by atoms with Crippen molar-refractivity contribution in [2.75, 3.05) is 48.7 Å². The Bertz CT molecular complexity index is 1140. The number of hydrogen-bond donors (Lipinski definition) is 4. The van der Waals surface area contributed by atoms with Gasteiger partial charge in [-0.3, -0.25) is 14.5 Å². The summed E-state index contributed by atoms with van der Waals surface area (Å²) in [6.45, 7) is 3.58. The molecule has 3 heterocycles. The molecule has 4 N–H and O–H groups in total. The summed E-state index contributed by atoms with van der Waals surface area (Å²) >= 11 is 4.90. The van der Waals surface area contributed by atoms with E-state index in [1.54, 1.807) is 6.20 Å². The second kappa shape index (κ2) is 12.6. The molecule has 1 aromatic carbocycles. The molecule has 1 saturated heterocycles. The molecule has 0 bridgehead atoms. The van der Waals surface area contributed by atoms with Crippen LogP contribution < -0.4 is 21.3 Å². The fraction of sp³-hybridized carbons (Fsp3) is 0.333. The normalized spacial score (nSPS) is 13.4. The summed E-state index contributed by atoms with van der Waals surface area (Å²) in [4.78, 5) is 36.1. The lowest BCUT2D eigenvalue weighted by Gasteiger charge is -2.14. The highest BCUT2D eigenvalue weighted by atomic mass is 79.9. The molecule has 3 aromatic rings. The van der Waals surface area contributed by atoms with Crippen LogP contribution in [0.5, 0.6) is 0 Å². The van der Waals surface area contributed by atoms with Gasteiger partial charge < -0.3 is 21.3 Å². The first kappa shape index (κ1) is 25.1. The quantitative estimate of drug-likeness (QED) is 0.260. The number of nitrogens with zero attached hydrogens (tertiary/aromatic N) is 3. The van der Waals surface area contributed by atoms with Crippen molar-refractivity contribution in [1.29, 1.82) is 0 Å². The summed E-state index contributed by atoms with van der Waals surface area (Å²) in [6, 6.07) is 11.2. The molecule has 1 aliphatic rings. The molecular weight excluding hydrogens is 530 g/mol. The van der Waals surface area contributed by atoms with Crippen molar-refractivity contribution in [3.05, 3.63) is 57.3 Å². The number of amides is 2. The number of thiophene rings is 1. The minimum Gasteiger partial charge on any atom is -0.369 e. The van der Waals surface area contributed by atoms with Gasteiger partial charge in [0.1, 0.15) is 5.82 Å². The highest BCUT2D eigenvalue weighted by Crippen LogP contribution is 2.23. The Hall–Kier alpha value is -3.02. The predicted molar refractivity (Wildman–Crippen MR) is 144 cm³/mol. The maximum Gasteiger partial charge on any atom is 0.261 e. The van der Waals surface area contributed by atoms with E-state index >= 15 is 0 Å². The molecule has 0 atom stereocenters. The van der Waals surface area contributed by atoms with Crippen molar-refractivity contribution in [1.82, 2.24) is 20.2 Å². The van der Waals surface area contributed by atoms with Crippen molar-refractivity contribution in [2.24, 2.45) is 0 Å². The van der Waals surface area contributed by atoms with Crippen LogP contribution in [0.3, 0.4) is 0 Å². The number of carbonyl (C=O) groups excluding carboxylic acids is 2. The minimum atomic E-state index is -0.0517. The fourth-order valence-corrected chi connectivity index (χ4v) is 4.66. The molecular formula is C24H28BrN7O2S. The number of likely N-dealkylation sites (tertiary alicyclic amines) is 1. The maximum atomic E-state index is 12.3. The third-order valence-electron chi connectivity index (χ3n) is 5.39. The molecule has 184 valence electrons. The summed E-state index contributed by atoms with van der Waals surface area (Å²) in [5.41, 5.74) is 1.49. The van der Waals surface area contributed by atoms with Crippen molar-refractivity contribution in [3.8, 4) is 0 Å². The van der Waals surface area contributed by atoms with E-state index in [9.17, 15) is 9.59 Å². The zero-order valence-corrected chi connectivity index (χ0v) is 21.6. The van der Waals surface area contributed by atoms with E-state index in [1.807, 2.05) is 41.8 Å². The van der Waals surface area contributed by atoms with E-state index in [0.29, 0.717) is 36.3 Å². The topological polar surface area (TPSA) is 111 Å². The Balaban J connectivity index is 1.26. The third kappa shape index (κ3) is 7.74. The average molecular weight is 559 g/mol. The molecule has 0 radical (unpaired) electrons. The van der Waals surface area contributed by atoms with Gasteiger partial charge in [0.25, 0.3) is 5.91 Å². The van der Waals surface area contributed by atoms with E-state index in [-0.39, 0.29) is 11.8 Å². The number of benzene rings is 1. The van der Waals surface area contributed by atoms with Crippen LogP contribution in [-0.4, -0.2) is 59.4 Å². The zero-order valence-electron chi connectivity index (χ0n) is 19.2. The van der Waals surface area contributed by atoms with E-state index in [4.69, 9.17) is 0 Å². The van der Waals surface area contributed by atoms with Gasteiger partial charge in [-0.15, -0.1) is 11.3 Å². The van der Waals surface area contributed by atoms with E-state index in [2.05, 4.69) is 52.1 Å². The van der Waals surface area contributed by atoms with Gasteiger partial charge in [-0.05, 0) is 77.9 Å². The van der Waals surface area contributed by atoms with Gasteiger partial charge in [-0.2, -0.15) is 4.98 Å². The molecule has 4 rings (SSSR count). The Kier molecular flexibility index (Phi) is 9.04. The highest BCUT2D eigenvalue weighted by molar-refractivity contribution is 9.10. The van der Waals surface area contributed by atoms with Crippen molar-refractivity contribution in [2.45, 2.75) is 19.3 Å². The first-order valence-corrected chi connectivity index (χ1v) is 13.2. The molecule has 9 nitrogen and oxygen atoms in total. The number of nitrogens with one attached hydrogen (secondary N) is 4. The van der Waals surface area contributed by atoms with Gasteiger partial charge in [0.2, 0.25) is 11.9 Å². The molecule has 0 saturated carbocycles. The third-order valence-corrected chi connectivity index (χ3v) is 6.84. The zero-order chi connectivity index (χ0) is 24.5. The first-order valence-electron chi connectivity index (χ1n) is 11.5. The van der Waals surface area contributed by atoms with Gasteiger partial charge in [-0.25, -0.2) is 4.98 Å². The fourth-order valence-electron chi connectivity index (χ4n) is 3.69. The Morgan fingerprint density at radius 3 is 2.71 bits per heavy atom. The molecule has 0 spiro atoms. The monoisotopic (exact) mass is 557 g/mol. The summed E-state index contributed by atoms with van der Waals surface area (Å²) in [6.07, 6.45) is 4.74. The Morgan fingerprint density at radius 2 is 1.91 bits per heavy atom. The summed E-state index contributed by atoms with van der Waals surface area (Å²) in [5.74, 6) is 1.02. The number of aromatic nitrogens is 2. The molecule has 35 heavy (non-hydrogen) atoms. The maximum absolute atomic E-state index is 12.3. The first-order chi connectivity index (χ1) is 17.1. The van der Waals surface area contributed by atoms with E-state index in [0.717, 1.165) is 48.2 Å². The summed E-state index contributed by atoms with van der Waals surface area (Å²) < 4.78 is 0.744. The smallest absolute Gasteiger partial charge is 0.261 e. The lowest BCUT2D eigenvalue weighted by Crippen LogP contribution is -2.30. The van der Waals surface area contributed by atoms with Crippen LogP contribution >= 0.6 is 27.3 Å². The molecule has 11 heteroatoms. The van der Waals surface area contributed by atoms with Crippen LogP contribution in [0.2, 0.25) is 0 Å². The van der Waals surface area contributed by atoms with Gasteiger partial charge >= 0.3 is 0 Å². The molecule has 2 amide bonds. The van der Waals surface area contributed by atoms with Crippen LogP contribution in [0.4, 0.5) is 23.1 Å². The van der Waals surface area contributed by atoms with Crippen LogP contribution in [0, 0.1) is 0 Å². The average Bonchev–Trinajstić information content (AvgIpc) is 3.55. The second-order valence-corrected chi connectivity index (χ2v) is 9.94. The van der Waals surface area contributed by atoms with Crippen molar-refractivity contribution in [3.63, 3.8) is 0 Å². The minimum absolute atomic E-state index is 0.0120. The second-order valence-electron chi connectivity index (χ2n) is 8.14. The SMILES string of the molecule is O=C(CN1CCCC1)Nc1cccc(Nc2ncc(Br)c(NCCCNC(=O)c3cccs3)n2)c1. The van der Waals surface area contributed by atoms with Gasteiger partial charge in [0.15, 0.2) is 0 Å². The van der Waals surface area contributed by atoms with Gasteiger partial charge in [-0.1, -0.05) is 12.1 Å². The number of hydrogen-bond acceptors (Lipinski definition) is 8. The number of anilines is 4. The van der Waals surface area contributed by atoms with Crippen molar-refractivity contribution >= 4 is 62.2 Å². The van der Waals surface area contributed by atoms with Crippen molar-refractivity contribution < 1.29 is 9.59 Å². The van der Waals surface area contributed by atoms with Crippen LogP contribution in [0.1, 0.15) is 28.9 Å². The Labute approximate surface area is 216 Å². The van der Waals surface area contributed by atoms with Crippen LogP contribution in [-0.2, 0) is 4.79 Å². The van der Waals surface area contributed by atoms with E-state index < -0.39 is 0 Å². The van der Waals surface area contributed by atoms with Crippen LogP contribution in [0.15, 0.2) is 52.4 Å². The molecule has 1 aliphatic heterocycles. The predicted octanol–water partition coefficient (Wildman–Crippen LogP) is 4.31. The molecule has 1 fully saturated rings. The summed E-state index contributed by atoms with van der Waals surface area (Å²) in [7, 11) is 0. The highest BCUT2D eigenvalue weighted by Gasteiger charge is 2.15. The standard InChI is InChI=1S/C24H28BrN7O2S/c25-19-15-28-24(31-22(19)26-9-5-10-27-23(34)20-8-4-13-35-20)30-18-7-3-6-17(14-18)29-21(33)16-32-11-1-2-12-32/h3-4,6-8,13-15H,1-2,5,9-12,16H2,(H,27,34)(H,29,33)(H2,26,28,30,31). The molecule has 2 aromatic heterocycles. The molecule has 0 unspecified atom stereocenters. The lowest BCUT2D eigenvalue weighted by atomic mass is 10.2. The largest absolute Gasteiger partial charge is 0.369 e. The Morgan fingerprint density at radius 1 is 1.09 bits per heavy atom. The summed E-state index contributed by atoms with van der Waals surface area (Å²) in [5, 5.41) is 14.2. The van der Waals surface area contributed by atoms with Gasteiger partial charge in [0.05, 0.1) is 15.9 Å². The number of halogens is 1.